The second-order valence-electron chi connectivity index (χ2n) is 6.69. The summed E-state index contributed by atoms with van der Waals surface area (Å²) in [6.45, 7) is 6.68. The van der Waals surface area contributed by atoms with Crippen LogP contribution in [0.5, 0.6) is 0 Å². The smallest absolute Gasteiger partial charge is 0.244 e. The van der Waals surface area contributed by atoms with Crippen LogP contribution in [0.2, 0.25) is 0 Å². The molecule has 0 saturated carbocycles. The largest absolute Gasteiger partial charge is 0.333 e. The standard InChI is InChI=1S/C22H28N2O2/c1-4-14-24(16-21(25)23-20-13-9-8-10-17(20)2)22(26)15-18(3)19-11-6-5-7-12-19/h5-13,18H,4,14-16H2,1-3H3,(H,23,25)/t18-/m0/s1. The summed E-state index contributed by atoms with van der Waals surface area (Å²) in [6.07, 6.45) is 1.23. The fourth-order valence-electron chi connectivity index (χ4n) is 2.93. The summed E-state index contributed by atoms with van der Waals surface area (Å²) in [7, 11) is 0. The minimum absolute atomic E-state index is 0.0168. The highest BCUT2D eigenvalue weighted by molar-refractivity contribution is 5.95. The molecule has 0 aliphatic carbocycles. The lowest BCUT2D eigenvalue weighted by Gasteiger charge is -2.23. The van der Waals surface area contributed by atoms with Gasteiger partial charge in [0.2, 0.25) is 11.8 Å². The van der Waals surface area contributed by atoms with Crippen molar-refractivity contribution in [1.82, 2.24) is 4.90 Å². The number of amides is 2. The van der Waals surface area contributed by atoms with Gasteiger partial charge in [-0.25, -0.2) is 0 Å². The summed E-state index contributed by atoms with van der Waals surface area (Å²) in [5.74, 6) is -0.0147. The molecule has 0 aliphatic heterocycles. The normalized spacial score (nSPS) is 11.7. The van der Waals surface area contributed by atoms with Gasteiger partial charge in [-0.1, -0.05) is 62.4 Å². The van der Waals surface area contributed by atoms with Crippen molar-refractivity contribution < 1.29 is 9.59 Å². The first-order valence-corrected chi connectivity index (χ1v) is 9.19. The highest BCUT2D eigenvalue weighted by Gasteiger charge is 2.19. The van der Waals surface area contributed by atoms with E-state index in [0.29, 0.717) is 13.0 Å². The van der Waals surface area contributed by atoms with Crippen LogP contribution in [0.25, 0.3) is 0 Å². The SMILES string of the molecule is CCCN(CC(=O)Nc1ccccc1C)C(=O)C[C@H](C)c1ccccc1. The highest BCUT2D eigenvalue weighted by Crippen LogP contribution is 2.20. The van der Waals surface area contributed by atoms with E-state index in [1.54, 1.807) is 4.90 Å². The van der Waals surface area contributed by atoms with E-state index < -0.39 is 0 Å². The minimum atomic E-state index is -0.159. The maximum absolute atomic E-state index is 12.7. The Bertz CT molecular complexity index is 728. The molecule has 0 bridgehead atoms. The maximum Gasteiger partial charge on any atom is 0.244 e. The number of benzene rings is 2. The molecule has 0 aromatic heterocycles. The van der Waals surface area contributed by atoms with Crippen molar-refractivity contribution in [3.63, 3.8) is 0 Å². The molecule has 1 N–H and O–H groups in total. The van der Waals surface area contributed by atoms with Gasteiger partial charge in [0.15, 0.2) is 0 Å². The van der Waals surface area contributed by atoms with E-state index >= 15 is 0 Å². The molecule has 0 spiro atoms. The van der Waals surface area contributed by atoms with Crippen molar-refractivity contribution in [2.24, 2.45) is 0 Å². The average molecular weight is 352 g/mol. The molecule has 26 heavy (non-hydrogen) atoms. The van der Waals surface area contributed by atoms with Crippen LogP contribution in [0.1, 0.15) is 43.7 Å². The van der Waals surface area contributed by atoms with Crippen molar-refractivity contribution in [1.29, 1.82) is 0 Å². The second-order valence-corrected chi connectivity index (χ2v) is 6.69. The second kappa shape index (κ2) is 9.76. The molecule has 0 radical (unpaired) electrons. The van der Waals surface area contributed by atoms with Crippen molar-refractivity contribution in [2.45, 2.75) is 39.5 Å². The lowest BCUT2D eigenvalue weighted by atomic mass is 9.97. The van der Waals surface area contributed by atoms with Gasteiger partial charge in [0, 0.05) is 18.7 Å². The van der Waals surface area contributed by atoms with E-state index in [1.165, 1.54) is 0 Å². The first-order valence-electron chi connectivity index (χ1n) is 9.19. The molecule has 138 valence electrons. The molecular formula is C22H28N2O2. The van der Waals surface area contributed by atoms with E-state index in [2.05, 4.69) is 5.32 Å². The van der Waals surface area contributed by atoms with Crippen LogP contribution in [0.3, 0.4) is 0 Å². The average Bonchev–Trinajstić information content (AvgIpc) is 2.64. The van der Waals surface area contributed by atoms with Crippen LogP contribution in [-0.4, -0.2) is 29.8 Å². The summed E-state index contributed by atoms with van der Waals surface area (Å²) in [5.41, 5.74) is 2.94. The topological polar surface area (TPSA) is 49.4 Å². The number of nitrogens with one attached hydrogen (secondary N) is 1. The van der Waals surface area contributed by atoms with Crippen LogP contribution in [0.4, 0.5) is 5.69 Å². The third-order valence-electron chi connectivity index (χ3n) is 4.45. The Morgan fingerprint density at radius 2 is 1.69 bits per heavy atom. The Balaban J connectivity index is 1.97. The van der Waals surface area contributed by atoms with E-state index in [0.717, 1.165) is 23.2 Å². The number of nitrogens with zero attached hydrogens (tertiary/aromatic N) is 1. The molecule has 0 saturated heterocycles. The number of rotatable bonds is 8. The molecule has 4 heteroatoms. The van der Waals surface area contributed by atoms with Crippen molar-refractivity contribution in [2.75, 3.05) is 18.4 Å². The molecule has 0 heterocycles. The number of aryl methyl sites for hydroxylation is 1. The number of carbonyl (C=O) groups excluding carboxylic acids is 2. The molecule has 0 unspecified atom stereocenters. The van der Waals surface area contributed by atoms with Gasteiger partial charge >= 0.3 is 0 Å². The first kappa shape index (κ1) is 19.7. The fraction of sp³-hybridized carbons (Fsp3) is 0.364. The van der Waals surface area contributed by atoms with Crippen LogP contribution in [0, 0.1) is 6.92 Å². The van der Waals surface area contributed by atoms with Gasteiger partial charge in [-0.05, 0) is 36.5 Å². The number of para-hydroxylation sites is 1. The zero-order valence-corrected chi connectivity index (χ0v) is 15.9. The zero-order chi connectivity index (χ0) is 18.9. The van der Waals surface area contributed by atoms with Crippen LogP contribution in [-0.2, 0) is 9.59 Å². The molecule has 2 amide bonds. The molecular weight excluding hydrogens is 324 g/mol. The quantitative estimate of drug-likeness (QED) is 0.767. The molecule has 2 rings (SSSR count). The van der Waals surface area contributed by atoms with Gasteiger partial charge < -0.3 is 10.2 Å². The Kier molecular flexibility index (Phi) is 7.39. The Labute approximate surface area is 156 Å². The monoisotopic (exact) mass is 352 g/mol. The van der Waals surface area contributed by atoms with E-state index in [-0.39, 0.29) is 24.3 Å². The van der Waals surface area contributed by atoms with Crippen LogP contribution >= 0.6 is 0 Å². The predicted octanol–water partition coefficient (Wildman–Crippen LogP) is 4.37. The fourth-order valence-corrected chi connectivity index (χ4v) is 2.93. The Morgan fingerprint density at radius 1 is 1.04 bits per heavy atom. The third-order valence-corrected chi connectivity index (χ3v) is 4.45. The summed E-state index contributed by atoms with van der Waals surface area (Å²) in [6, 6.07) is 17.6. The van der Waals surface area contributed by atoms with Gasteiger partial charge in [0.1, 0.15) is 0 Å². The Morgan fingerprint density at radius 3 is 2.35 bits per heavy atom. The molecule has 1 atom stereocenters. The zero-order valence-electron chi connectivity index (χ0n) is 15.9. The molecule has 2 aromatic carbocycles. The number of anilines is 1. The van der Waals surface area contributed by atoms with E-state index in [9.17, 15) is 9.59 Å². The number of hydrogen-bond donors (Lipinski definition) is 1. The lowest BCUT2D eigenvalue weighted by Crippen LogP contribution is -2.39. The van der Waals surface area contributed by atoms with E-state index in [1.807, 2.05) is 75.4 Å². The van der Waals surface area contributed by atoms with Crippen molar-refractivity contribution in [3.8, 4) is 0 Å². The summed E-state index contributed by atoms with van der Waals surface area (Å²) in [5, 5.41) is 2.91. The summed E-state index contributed by atoms with van der Waals surface area (Å²) < 4.78 is 0. The van der Waals surface area contributed by atoms with Crippen LogP contribution in [0.15, 0.2) is 54.6 Å². The molecule has 4 nitrogen and oxygen atoms in total. The third kappa shape index (κ3) is 5.73. The molecule has 0 fully saturated rings. The van der Waals surface area contributed by atoms with Crippen molar-refractivity contribution >= 4 is 17.5 Å². The van der Waals surface area contributed by atoms with Gasteiger partial charge in [0.25, 0.3) is 0 Å². The van der Waals surface area contributed by atoms with Crippen LogP contribution < -0.4 is 5.32 Å². The van der Waals surface area contributed by atoms with Crippen molar-refractivity contribution in [3.05, 3.63) is 65.7 Å². The summed E-state index contributed by atoms with van der Waals surface area (Å²) >= 11 is 0. The van der Waals surface area contributed by atoms with Gasteiger partial charge in [-0.3, -0.25) is 9.59 Å². The maximum atomic E-state index is 12.7. The minimum Gasteiger partial charge on any atom is -0.333 e. The predicted molar refractivity (Wildman–Crippen MR) is 106 cm³/mol. The van der Waals surface area contributed by atoms with Gasteiger partial charge in [0.05, 0.1) is 6.54 Å². The molecule has 0 aliphatic rings. The summed E-state index contributed by atoms with van der Waals surface area (Å²) in [4.78, 5) is 26.8. The Hall–Kier alpha value is -2.62. The first-order chi connectivity index (χ1) is 12.5. The van der Waals surface area contributed by atoms with E-state index in [4.69, 9.17) is 0 Å². The van der Waals surface area contributed by atoms with Gasteiger partial charge in [-0.2, -0.15) is 0 Å². The number of carbonyl (C=O) groups is 2. The molecule has 2 aromatic rings. The highest BCUT2D eigenvalue weighted by atomic mass is 16.2. The lowest BCUT2D eigenvalue weighted by molar-refractivity contribution is -0.135. The van der Waals surface area contributed by atoms with Gasteiger partial charge in [-0.15, -0.1) is 0 Å². The number of hydrogen-bond acceptors (Lipinski definition) is 2.